The fourth-order valence-corrected chi connectivity index (χ4v) is 4.43. The van der Waals surface area contributed by atoms with Gasteiger partial charge in [-0.1, -0.05) is 0 Å². The summed E-state index contributed by atoms with van der Waals surface area (Å²) in [6.07, 6.45) is 3.09. The van der Waals surface area contributed by atoms with Crippen LogP contribution in [0.15, 0.2) is 0 Å². The molecule has 1 saturated heterocycles. The average molecular weight is 218 g/mol. The second kappa shape index (κ2) is 3.18. The quantitative estimate of drug-likeness (QED) is 0.733. The summed E-state index contributed by atoms with van der Waals surface area (Å²) in [6, 6.07) is 0. The molecule has 14 heavy (non-hydrogen) atoms. The summed E-state index contributed by atoms with van der Waals surface area (Å²) in [7, 11) is -3.05. The third-order valence-electron chi connectivity index (χ3n) is 3.92. The van der Waals surface area contributed by atoms with Gasteiger partial charge in [0.05, 0.1) is 11.3 Å². The molecule has 0 spiro atoms. The van der Waals surface area contributed by atoms with Crippen LogP contribution >= 0.6 is 0 Å². The van der Waals surface area contributed by atoms with Crippen LogP contribution in [-0.4, -0.2) is 37.1 Å². The number of nitrogens with zero attached hydrogens (tertiary/aromatic N) is 1. The van der Waals surface area contributed by atoms with Crippen molar-refractivity contribution in [3.8, 4) is 0 Å². The molecule has 2 unspecified atom stereocenters. The van der Waals surface area contributed by atoms with E-state index in [0.29, 0.717) is 19.0 Å². The molecule has 0 radical (unpaired) electrons. The largest absolute Gasteiger partial charge is 0.329 e. The maximum absolute atomic E-state index is 11.8. The molecule has 0 bridgehead atoms. The van der Waals surface area contributed by atoms with Gasteiger partial charge in [-0.05, 0) is 32.1 Å². The van der Waals surface area contributed by atoms with E-state index in [9.17, 15) is 8.42 Å². The zero-order chi connectivity index (χ0) is 10.4. The summed E-state index contributed by atoms with van der Waals surface area (Å²) in [5, 5.41) is 0. The number of nitrogens with two attached hydrogens (primary N) is 1. The van der Waals surface area contributed by atoms with E-state index in [0.717, 1.165) is 19.3 Å². The van der Waals surface area contributed by atoms with Crippen molar-refractivity contribution in [2.24, 2.45) is 11.7 Å². The van der Waals surface area contributed by atoms with Crippen molar-refractivity contribution in [1.29, 1.82) is 0 Å². The summed E-state index contributed by atoms with van der Waals surface area (Å²) in [5.74, 6) is 0.718. The number of rotatable bonds is 3. The van der Waals surface area contributed by atoms with Gasteiger partial charge in [-0.3, -0.25) is 0 Å². The third kappa shape index (κ3) is 1.15. The van der Waals surface area contributed by atoms with E-state index in [-0.39, 0.29) is 11.3 Å². The van der Waals surface area contributed by atoms with Gasteiger partial charge in [0, 0.05) is 13.1 Å². The first-order valence-corrected chi connectivity index (χ1v) is 6.88. The van der Waals surface area contributed by atoms with Gasteiger partial charge in [0.1, 0.15) is 0 Å². The number of hydrogen-bond donors (Lipinski definition) is 1. The molecule has 82 valence electrons. The molecule has 1 aliphatic carbocycles. The monoisotopic (exact) mass is 218 g/mol. The van der Waals surface area contributed by atoms with Gasteiger partial charge < -0.3 is 5.73 Å². The minimum Gasteiger partial charge on any atom is -0.329 e. The molecule has 1 aliphatic heterocycles. The van der Waals surface area contributed by atoms with Gasteiger partial charge >= 0.3 is 0 Å². The van der Waals surface area contributed by atoms with Crippen LogP contribution in [0.25, 0.3) is 0 Å². The summed E-state index contributed by atoms with van der Waals surface area (Å²) in [4.78, 5) is 0. The van der Waals surface area contributed by atoms with Crippen LogP contribution in [0.4, 0.5) is 0 Å². The lowest BCUT2D eigenvalue weighted by atomic mass is 9.68. The minimum absolute atomic E-state index is 0.196. The van der Waals surface area contributed by atoms with Crippen LogP contribution in [-0.2, 0) is 10.0 Å². The highest BCUT2D eigenvalue weighted by Crippen LogP contribution is 2.50. The number of sulfonamides is 1. The van der Waals surface area contributed by atoms with Gasteiger partial charge in [-0.25, -0.2) is 8.42 Å². The predicted octanol–water partition coefficient (Wildman–Crippen LogP) is 0.149. The fourth-order valence-electron chi connectivity index (χ4n) is 2.86. The molecule has 2 fully saturated rings. The minimum atomic E-state index is -3.05. The van der Waals surface area contributed by atoms with Crippen LogP contribution < -0.4 is 5.73 Å². The Morgan fingerprint density at radius 1 is 1.50 bits per heavy atom. The molecule has 0 aromatic rings. The Hall–Kier alpha value is -0.130. The van der Waals surface area contributed by atoms with Crippen molar-refractivity contribution in [3.63, 3.8) is 0 Å². The zero-order valence-corrected chi connectivity index (χ0v) is 9.39. The fraction of sp³-hybridized carbons (Fsp3) is 1.00. The third-order valence-corrected chi connectivity index (χ3v) is 5.86. The van der Waals surface area contributed by atoms with Crippen LogP contribution in [0, 0.1) is 5.92 Å². The number of hydrogen-bond acceptors (Lipinski definition) is 3. The second-order valence-electron chi connectivity index (χ2n) is 4.30. The van der Waals surface area contributed by atoms with Crippen LogP contribution in [0.5, 0.6) is 0 Å². The molecule has 0 amide bonds. The molecule has 2 atom stereocenters. The summed E-state index contributed by atoms with van der Waals surface area (Å²) >= 11 is 0. The van der Waals surface area contributed by atoms with Gasteiger partial charge in [0.2, 0.25) is 10.0 Å². The van der Waals surface area contributed by atoms with E-state index >= 15 is 0 Å². The standard InChI is InChI=1S/C9H18N2O2S/c1-2-14(12,13)11-6-4-8-3-5-9(8,11)7-10/h8H,2-7,10H2,1H3. The topological polar surface area (TPSA) is 63.4 Å². The van der Waals surface area contributed by atoms with E-state index in [4.69, 9.17) is 5.73 Å². The molecule has 1 heterocycles. The molecule has 4 nitrogen and oxygen atoms in total. The normalized spacial score (nSPS) is 38.0. The smallest absolute Gasteiger partial charge is 0.214 e. The lowest BCUT2D eigenvalue weighted by Gasteiger charge is -2.48. The summed E-state index contributed by atoms with van der Waals surface area (Å²) in [6.45, 7) is 2.86. The Balaban J connectivity index is 2.29. The maximum atomic E-state index is 11.8. The lowest BCUT2D eigenvalue weighted by molar-refractivity contribution is 0.0826. The molecular weight excluding hydrogens is 200 g/mol. The Kier molecular flexibility index (Phi) is 2.36. The van der Waals surface area contributed by atoms with E-state index in [2.05, 4.69) is 0 Å². The van der Waals surface area contributed by atoms with Crippen molar-refractivity contribution >= 4 is 10.0 Å². The molecule has 0 aromatic carbocycles. The first-order valence-electron chi connectivity index (χ1n) is 5.27. The molecule has 0 aromatic heterocycles. The second-order valence-corrected chi connectivity index (χ2v) is 6.49. The first-order chi connectivity index (χ1) is 6.57. The van der Waals surface area contributed by atoms with Crippen LogP contribution in [0.2, 0.25) is 0 Å². The summed E-state index contributed by atoms with van der Waals surface area (Å²) in [5.41, 5.74) is 5.55. The van der Waals surface area contributed by atoms with Crippen molar-refractivity contribution < 1.29 is 8.42 Å². The van der Waals surface area contributed by atoms with Gasteiger partial charge in [0.15, 0.2) is 0 Å². The van der Waals surface area contributed by atoms with Gasteiger partial charge in [-0.2, -0.15) is 4.31 Å². The Labute approximate surface area is 85.5 Å². The highest BCUT2D eigenvalue weighted by atomic mass is 32.2. The van der Waals surface area contributed by atoms with Crippen molar-refractivity contribution in [1.82, 2.24) is 4.31 Å². The van der Waals surface area contributed by atoms with Crippen LogP contribution in [0.1, 0.15) is 26.2 Å². The van der Waals surface area contributed by atoms with E-state index in [1.165, 1.54) is 0 Å². The number of fused-ring (bicyclic) bond motifs is 1. The average Bonchev–Trinajstić information content (AvgIpc) is 2.39. The molecule has 5 heteroatoms. The maximum Gasteiger partial charge on any atom is 0.214 e. The first kappa shape index (κ1) is 10.4. The van der Waals surface area contributed by atoms with Gasteiger partial charge in [0.25, 0.3) is 0 Å². The van der Waals surface area contributed by atoms with E-state index in [1.54, 1.807) is 11.2 Å². The highest BCUT2D eigenvalue weighted by Gasteiger charge is 2.57. The summed E-state index contributed by atoms with van der Waals surface area (Å²) < 4.78 is 25.3. The van der Waals surface area contributed by atoms with E-state index in [1.807, 2.05) is 0 Å². The zero-order valence-electron chi connectivity index (χ0n) is 8.57. The lowest BCUT2D eigenvalue weighted by Crippen LogP contribution is -2.60. The van der Waals surface area contributed by atoms with Crippen LogP contribution in [0.3, 0.4) is 0 Å². The van der Waals surface area contributed by atoms with Crippen molar-refractivity contribution in [3.05, 3.63) is 0 Å². The van der Waals surface area contributed by atoms with Gasteiger partial charge in [-0.15, -0.1) is 0 Å². The highest BCUT2D eigenvalue weighted by molar-refractivity contribution is 7.89. The van der Waals surface area contributed by atoms with E-state index < -0.39 is 10.0 Å². The van der Waals surface area contributed by atoms with Crippen molar-refractivity contribution in [2.75, 3.05) is 18.8 Å². The molecule has 2 N–H and O–H groups in total. The van der Waals surface area contributed by atoms with Crippen molar-refractivity contribution in [2.45, 2.75) is 31.7 Å². The molecular formula is C9H18N2O2S. The molecule has 1 saturated carbocycles. The SMILES string of the molecule is CCS(=O)(=O)N1CCC2CCC21CN. The molecule has 2 aliphatic rings. The Morgan fingerprint density at radius 3 is 2.64 bits per heavy atom. The predicted molar refractivity (Wildman–Crippen MR) is 55.3 cm³/mol. The Bertz CT molecular complexity index is 324. The molecule has 2 rings (SSSR count). The Morgan fingerprint density at radius 2 is 2.21 bits per heavy atom.